The molecule has 0 saturated heterocycles. The quantitative estimate of drug-likeness (QED) is 0.350. The van der Waals surface area contributed by atoms with E-state index in [-0.39, 0.29) is 17.8 Å². The SMILES string of the molecule is COc1c(-c2cc(C(C)(C)CC(=O)O)ccc2Oc2c(C)cc(F)cc2C)cn(C)c(=O)c1I. The molecular formula is C26H27FINO5. The third-order valence-electron chi connectivity index (χ3n) is 5.76. The van der Waals surface area contributed by atoms with Crippen LogP contribution in [0.5, 0.6) is 17.2 Å². The minimum atomic E-state index is -0.904. The second-order valence-corrected chi connectivity index (χ2v) is 10.0. The highest BCUT2D eigenvalue weighted by Gasteiger charge is 2.27. The molecule has 0 fully saturated rings. The summed E-state index contributed by atoms with van der Waals surface area (Å²) < 4.78 is 27.6. The Morgan fingerprint density at radius 1 is 1.12 bits per heavy atom. The number of hydrogen-bond donors (Lipinski definition) is 1. The lowest BCUT2D eigenvalue weighted by atomic mass is 9.80. The number of carboxylic acids is 1. The number of pyridine rings is 1. The molecule has 0 aliphatic rings. The fourth-order valence-corrected chi connectivity index (χ4v) is 4.86. The van der Waals surface area contributed by atoms with Gasteiger partial charge in [-0.25, -0.2) is 4.39 Å². The first kappa shape index (κ1) is 25.7. The highest BCUT2D eigenvalue weighted by molar-refractivity contribution is 14.1. The van der Waals surface area contributed by atoms with Gasteiger partial charge in [-0.3, -0.25) is 9.59 Å². The molecule has 0 spiro atoms. The average Bonchev–Trinajstić information content (AvgIpc) is 2.73. The number of benzene rings is 2. The first-order chi connectivity index (χ1) is 15.9. The normalized spacial score (nSPS) is 11.4. The van der Waals surface area contributed by atoms with Crippen molar-refractivity contribution in [2.45, 2.75) is 39.5 Å². The minimum absolute atomic E-state index is 0.0647. The number of hydrogen-bond acceptors (Lipinski definition) is 4. The van der Waals surface area contributed by atoms with Crippen LogP contribution in [0.4, 0.5) is 4.39 Å². The first-order valence-electron chi connectivity index (χ1n) is 10.6. The second kappa shape index (κ2) is 9.77. The molecule has 0 unspecified atom stereocenters. The van der Waals surface area contributed by atoms with Crippen molar-refractivity contribution in [2.75, 3.05) is 7.11 Å². The fourth-order valence-electron chi connectivity index (χ4n) is 3.97. The van der Waals surface area contributed by atoms with E-state index in [9.17, 15) is 19.1 Å². The molecule has 0 bridgehead atoms. The number of nitrogens with zero attached hydrogens (tertiary/aromatic N) is 1. The van der Waals surface area contributed by atoms with Crippen LogP contribution in [-0.2, 0) is 17.3 Å². The van der Waals surface area contributed by atoms with Gasteiger partial charge in [0.05, 0.1) is 13.5 Å². The molecule has 0 amide bonds. The van der Waals surface area contributed by atoms with Crippen molar-refractivity contribution in [3.05, 3.63) is 73.0 Å². The minimum Gasteiger partial charge on any atom is -0.495 e. The smallest absolute Gasteiger partial charge is 0.304 e. The van der Waals surface area contributed by atoms with E-state index >= 15 is 0 Å². The molecule has 6 nitrogen and oxygen atoms in total. The van der Waals surface area contributed by atoms with Crippen LogP contribution >= 0.6 is 22.6 Å². The molecule has 1 N–H and O–H groups in total. The molecule has 180 valence electrons. The number of carboxylic acid groups (broad SMARTS) is 1. The van der Waals surface area contributed by atoms with Gasteiger partial charge in [0.1, 0.15) is 26.6 Å². The lowest BCUT2D eigenvalue weighted by Gasteiger charge is -2.25. The van der Waals surface area contributed by atoms with Crippen LogP contribution in [0, 0.1) is 23.2 Å². The Kier molecular flexibility index (Phi) is 7.40. The Labute approximate surface area is 211 Å². The molecule has 3 aromatic rings. The fraction of sp³-hybridized carbons (Fsp3) is 0.308. The third kappa shape index (κ3) is 5.11. The van der Waals surface area contributed by atoms with Gasteiger partial charge in [0.25, 0.3) is 5.56 Å². The topological polar surface area (TPSA) is 77.8 Å². The lowest BCUT2D eigenvalue weighted by molar-refractivity contribution is -0.138. The van der Waals surface area contributed by atoms with Crippen molar-refractivity contribution in [3.8, 4) is 28.4 Å². The van der Waals surface area contributed by atoms with Crippen LogP contribution in [0.1, 0.15) is 37.0 Å². The molecule has 1 heterocycles. The van der Waals surface area contributed by atoms with Gasteiger partial charge in [0, 0.05) is 29.8 Å². The summed E-state index contributed by atoms with van der Waals surface area (Å²) in [7, 11) is 3.15. The number of rotatable bonds is 7. The second-order valence-electron chi connectivity index (χ2n) is 8.94. The van der Waals surface area contributed by atoms with Gasteiger partial charge in [-0.15, -0.1) is 0 Å². The molecule has 0 saturated carbocycles. The van der Waals surface area contributed by atoms with E-state index < -0.39 is 11.4 Å². The van der Waals surface area contributed by atoms with Crippen LogP contribution in [0.15, 0.2) is 41.3 Å². The zero-order chi connectivity index (χ0) is 25.4. The van der Waals surface area contributed by atoms with Crippen molar-refractivity contribution < 1.29 is 23.8 Å². The van der Waals surface area contributed by atoms with E-state index in [2.05, 4.69) is 0 Å². The monoisotopic (exact) mass is 579 g/mol. The van der Waals surface area contributed by atoms with Crippen molar-refractivity contribution >= 4 is 28.6 Å². The first-order valence-corrected chi connectivity index (χ1v) is 11.7. The van der Waals surface area contributed by atoms with Crippen LogP contribution in [0.2, 0.25) is 0 Å². The third-order valence-corrected chi connectivity index (χ3v) is 6.71. The molecule has 2 aromatic carbocycles. The zero-order valence-corrected chi connectivity index (χ0v) is 22.1. The molecule has 0 aliphatic heterocycles. The summed E-state index contributed by atoms with van der Waals surface area (Å²) in [6.45, 7) is 7.25. The zero-order valence-electron chi connectivity index (χ0n) is 20.0. The van der Waals surface area contributed by atoms with Crippen molar-refractivity contribution in [1.29, 1.82) is 0 Å². The highest BCUT2D eigenvalue weighted by atomic mass is 127. The molecule has 3 rings (SSSR count). The maximum absolute atomic E-state index is 13.9. The lowest BCUT2D eigenvalue weighted by Crippen LogP contribution is -2.22. The van der Waals surface area contributed by atoms with Gasteiger partial charge in [0.15, 0.2) is 0 Å². The Bertz CT molecular complexity index is 1310. The maximum atomic E-state index is 13.9. The number of aromatic nitrogens is 1. The molecule has 8 heteroatoms. The summed E-state index contributed by atoms with van der Waals surface area (Å²) in [4.78, 5) is 24.0. The Hall–Kier alpha value is -2.88. The molecular weight excluding hydrogens is 552 g/mol. The maximum Gasteiger partial charge on any atom is 0.304 e. The summed E-state index contributed by atoms with van der Waals surface area (Å²) >= 11 is 1.95. The predicted molar refractivity (Wildman–Crippen MR) is 138 cm³/mol. The van der Waals surface area contributed by atoms with Gasteiger partial charge >= 0.3 is 5.97 Å². The summed E-state index contributed by atoms with van der Waals surface area (Å²) in [5.74, 6) is 0.148. The van der Waals surface area contributed by atoms with E-state index in [1.54, 1.807) is 33.2 Å². The van der Waals surface area contributed by atoms with Gasteiger partial charge in [0.2, 0.25) is 0 Å². The number of methoxy groups -OCH3 is 1. The summed E-state index contributed by atoms with van der Waals surface area (Å²) in [5.41, 5.74) is 2.45. The molecule has 0 radical (unpaired) electrons. The van der Waals surface area contributed by atoms with Gasteiger partial charge in [-0.05, 0) is 77.4 Å². The average molecular weight is 579 g/mol. The Morgan fingerprint density at radius 3 is 2.29 bits per heavy atom. The van der Waals surface area contributed by atoms with Crippen LogP contribution < -0.4 is 15.0 Å². The van der Waals surface area contributed by atoms with Crippen LogP contribution in [0.3, 0.4) is 0 Å². The molecule has 34 heavy (non-hydrogen) atoms. The highest BCUT2D eigenvalue weighted by Crippen LogP contribution is 2.43. The van der Waals surface area contributed by atoms with Crippen molar-refractivity contribution in [3.63, 3.8) is 0 Å². The summed E-state index contributed by atoms with van der Waals surface area (Å²) in [5, 5.41) is 9.40. The van der Waals surface area contributed by atoms with Gasteiger partial charge in [-0.2, -0.15) is 0 Å². The number of aliphatic carboxylic acids is 1. The van der Waals surface area contributed by atoms with Crippen molar-refractivity contribution in [1.82, 2.24) is 4.57 Å². The van der Waals surface area contributed by atoms with Crippen molar-refractivity contribution in [2.24, 2.45) is 7.05 Å². The standard InChI is InChI=1S/C26H27FINO5/c1-14-9-17(27)10-15(2)23(14)34-20-8-7-16(26(3,4)12-21(30)31)11-18(20)19-13-29(5)25(32)22(28)24(19)33-6/h7-11,13H,12H2,1-6H3,(H,30,31). The molecule has 1 aromatic heterocycles. The molecule has 0 aliphatic carbocycles. The van der Waals surface area contributed by atoms with Crippen LogP contribution in [-0.4, -0.2) is 22.8 Å². The number of aryl methyl sites for hydroxylation is 3. The molecule has 0 atom stereocenters. The number of halogens is 2. The van der Waals surface area contributed by atoms with Gasteiger partial charge < -0.3 is 19.1 Å². The number of carbonyl (C=O) groups is 1. The van der Waals surface area contributed by atoms with E-state index in [4.69, 9.17) is 9.47 Å². The van der Waals surface area contributed by atoms with E-state index in [1.807, 2.05) is 48.6 Å². The summed E-state index contributed by atoms with van der Waals surface area (Å²) in [6, 6.07) is 8.28. The van der Waals surface area contributed by atoms with Crippen LogP contribution in [0.25, 0.3) is 11.1 Å². The van der Waals surface area contributed by atoms with E-state index in [0.29, 0.717) is 43.1 Å². The van der Waals surface area contributed by atoms with E-state index in [0.717, 1.165) is 5.56 Å². The number of ether oxygens (including phenoxy) is 2. The van der Waals surface area contributed by atoms with Gasteiger partial charge in [-0.1, -0.05) is 19.9 Å². The van der Waals surface area contributed by atoms with E-state index in [1.165, 1.54) is 23.8 Å². The largest absolute Gasteiger partial charge is 0.495 e. The Morgan fingerprint density at radius 2 is 1.74 bits per heavy atom. The predicted octanol–water partition coefficient (Wildman–Crippen LogP) is 5.97. The Balaban J connectivity index is 2.30. The summed E-state index contributed by atoms with van der Waals surface area (Å²) in [6.07, 6.45) is 1.61.